The maximum Gasteiger partial charge on any atom is 0.224 e. The van der Waals surface area contributed by atoms with E-state index in [1.54, 1.807) is 0 Å². The fourth-order valence-electron chi connectivity index (χ4n) is 1.97. The summed E-state index contributed by atoms with van der Waals surface area (Å²) in [5, 5.41) is 2.93. The van der Waals surface area contributed by atoms with Crippen molar-refractivity contribution in [2.45, 2.75) is 19.8 Å². The van der Waals surface area contributed by atoms with Crippen LogP contribution in [0.4, 0.5) is 11.4 Å². The first-order valence-corrected chi connectivity index (χ1v) is 7.25. The maximum atomic E-state index is 12.0. The van der Waals surface area contributed by atoms with Gasteiger partial charge in [0.25, 0.3) is 0 Å². The van der Waals surface area contributed by atoms with Gasteiger partial charge in [0, 0.05) is 22.3 Å². The molecule has 3 N–H and O–H groups in total. The summed E-state index contributed by atoms with van der Waals surface area (Å²) in [7, 11) is 0. The second-order valence-electron chi connectivity index (χ2n) is 4.66. The van der Waals surface area contributed by atoms with Crippen LogP contribution in [0.5, 0.6) is 0 Å². The number of hydrogen-bond acceptors (Lipinski definition) is 2. The van der Waals surface area contributed by atoms with Gasteiger partial charge in [-0.1, -0.05) is 40.2 Å². The minimum absolute atomic E-state index is 0.00514. The quantitative estimate of drug-likeness (QED) is 0.834. The molecular formula is C16H17BrN2O. The topological polar surface area (TPSA) is 55.1 Å². The van der Waals surface area contributed by atoms with Crippen LogP contribution < -0.4 is 11.1 Å². The lowest BCUT2D eigenvalue weighted by Gasteiger charge is -2.10. The molecule has 2 rings (SSSR count). The van der Waals surface area contributed by atoms with Crippen LogP contribution in [-0.4, -0.2) is 5.91 Å². The molecule has 0 heterocycles. The number of rotatable bonds is 4. The Morgan fingerprint density at radius 3 is 2.70 bits per heavy atom. The smallest absolute Gasteiger partial charge is 0.224 e. The summed E-state index contributed by atoms with van der Waals surface area (Å²) in [6.45, 7) is 1.97. The zero-order valence-electron chi connectivity index (χ0n) is 11.3. The first-order chi connectivity index (χ1) is 9.58. The molecule has 0 saturated carbocycles. The molecule has 2 aromatic rings. The van der Waals surface area contributed by atoms with Crippen molar-refractivity contribution >= 4 is 33.2 Å². The number of nitrogens with two attached hydrogens (primary N) is 1. The van der Waals surface area contributed by atoms with E-state index in [1.807, 2.05) is 49.4 Å². The third-order valence-corrected chi connectivity index (χ3v) is 4.08. The standard InChI is InChI=1S/C16H17BrN2O/c1-11-13(17)6-4-8-15(11)19-16(20)10-9-12-5-2-3-7-14(12)18/h2-8H,9-10,18H2,1H3,(H,19,20). The average molecular weight is 333 g/mol. The number of carbonyl (C=O) groups is 1. The van der Waals surface area contributed by atoms with Gasteiger partial charge in [-0.3, -0.25) is 4.79 Å². The predicted molar refractivity (Wildman–Crippen MR) is 86.7 cm³/mol. The second-order valence-corrected chi connectivity index (χ2v) is 5.51. The average Bonchev–Trinajstić information content (AvgIpc) is 2.43. The van der Waals surface area contributed by atoms with E-state index in [0.29, 0.717) is 12.8 Å². The Hall–Kier alpha value is -1.81. The van der Waals surface area contributed by atoms with Crippen LogP contribution in [0.2, 0.25) is 0 Å². The number of benzene rings is 2. The van der Waals surface area contributed by atoms with Crippen molar-refractivity contribution in [3.05, 3.63) is 58.1 Å². The summed E-state index contributed by atoms with van der Waals surface area (Å²) in [5.74, 6) is -0.00514. The molecule has 2 aromatic carbocycles. The summed E-state index contributed by atoms with van der Waals surface area (Å²) >= 11 is 3.45. The third-order valence-electron chi connectivity index (χ3n) is 3.22. The number of nitrogen functional groups attached to an aromatic ring is 1. The van der Waals surface area contributed by atoms with Gasteiger partial charge in [-0.25, -0.2) is 0 Å². The Morgan fingerprint density at radius 1 is 1.20 bits per heavy atom. The van der Waals surface area contributed by atoms with Crippen LogP contribution in [0.1, 0.15) is 17.5 Å². The molecule has 20 heavy (non-hydrogen) atoms. The lowest BCUT2D eigenvalue weighted by molar-refractivity contribution is -0.116. The zero-order chi connectivity index (χ0) is 14.5. The van der Waals surface area contributed by atoms with Crippen molar-refractivity contribution in [3.63, 3.8) is 0 Å². The summed E-state index contributed by atoms with van der Waals surface area (Å²) in [5.41, 5.74) is 9.47. The minimum Gasteiger partial charge on any atom is -0.399 e. The number of para-hydroxylation sites is 1. The van der Waals surface area contributed by atoms with E-state index in [2.05, 4.69) is 21.2 Å². The first-order valence-electron chi connectivity index (χ1n) is 6.46. The van der Waals surface area contributed by atoms with Gasteiger partial charge >= 0.3 is 0 Å². The van der Waals surface area contributed by atoms with Gasteiger partial charge in [0.05, 0.1) is 0 Å². The van der Waals surface area contributed by atoms with Gasteiger partial charge in [-0.15, -0.1) is 0 Å². The summed E-state index contributed by atoms with van der Waals surface area (Å²) < 4.78 is 0.989. The number of hydrogen-bond donors (Lipinski definition) is 2. The summed E-state index contributed by atoms with van der Waals surface area (Å²) in [6.07, 6.45) is 1.06. The predicted octanol–water partition coefficient (Wildman–Crippen LogP) is 3.91. The molecule has 1 amide bonds. The fourth-order valence-corrected chi connectivity index (χ4v) is 2.33. The maximum absolute atomic E-state index is 12.0. The van der Waals surface area contributed by atoms with Crippen LogP contribution in [-0.2, 0) is 11.2 Å². The second kappa shape index (κ2) is 6.57. The number of anilines is 2. The molecule has 0 aromatic heterocycles. The molecule has 0 aliphatic carbocycles. The Balaban J connectivity index is 1.96. The monoisotopic (exact) mass is 332 g/mol. The Kier molecular flexibility index (Phi) is 4.79. The lowest BCUT2D eigenvalue weighted by atomic mass is 10.1. The molecule has 0 fully saturated rings. The van der Waals surface area contributed by atoms with E-state index in [1.165, 1.54) is 0 Å². The van der Waals surface area contributed by atoms with Crippen LogP contribution >= 0.6 is 15.9 Å². The van der Waals surface area contributed by atoms with Crippen LogP contribution in [0.15, 0.2) is 46.9 Å². The minimum atomic E-state index is -0.00514. The molecule has 4 heteroatoms. The van der Waals surface area contributed by atoms with Gasteiger partial charge in [0.2, 0.25) is 5.91 Å². The van der Waals surface area contributed by atoms with E-state index in [0.717, 1.165) is 27.0 Å². The molecule has 3 nitrogen and oxygen atoms in total. The van der Waals surface area contributed by atoms with E-state index in [4.69, 9.17) is 5.73 Å². The highest BCUT2D eigenvalue weighted by Crippen LogP contribution is 2.23. The Morgan fingerprint density at radius 2 is 1.95 bits per heavy atom. The third kappa shape index (κ3) is 3.61. The van der Waals surface area contributed by atoms with Crippen LogP contribution in [0.25, 0.3) is 0 Å². The molecule has 0 aliphatic heterocycles. The molecule has 0 spiro atoms. The SMILES string of the molecule is Cc1c(Br)cccc1NC(=O)CCc1ccccc1N. The number of aryl methyl sites for hydroxylation is 1. The molecule has 0 unspecified atom stereocenters. The van der Waals surface area contributed by atoms with E-state index in [-0.39, 0.29) is 5.91 Å². The number of carbonyl (C=O) groups excluding carboxylic acids is 1. The molecule has 0 atom stereocenters. The normalized spacial score (nSPS) is 10.3. The Bertz CT molecular complexity index is 626. The molecule has 0 bridgehead atoms. The van der Waals surface area contributed by atoms with Crippen molar-refractivity contribution in [2.75, 3.05) is 11.1 Å². The summed E-state index contributed by atoms with van der Waals surface area (Å²) in [6, 6.07) is 13.4. The number of halogens is 1. The molecule has 0 radical (unpaired) electrons. The van der Waals surface area contributed by atoms with E-state index < -0.39 is 0 Å². The molecular weight excluding hydrogens is 316 g/mol. The van der Waals surface area contributed by atoms with E-state index >= 15 is 0 Å². The highest BCUT2D eigenvalue weighted by atomic mass is 79.9. The van der Waals surface area contributed by atoms with Crippen molar-refractivity contribution in [1.82, 2.24) is 0 Å². The van der Waals surface area contributed by atoms with Gasteiger partial charge in [0.1, 0.15) is 0 Å². The van der Waals surface area contributed by atoms with Crippen LogP contribution in [0.3, 0.4) is 0 Å². The lowest BCUT2D eigenvalue weighted by Crippen LogP contribution is -2.13. The van der Waals surface area contributed by atoms with Gasteiger partial charge in [-0.2, -0.15) is 0 Å². The first kappa shape index (κ1) is 14.6. The molecule has 0 saturated heterocycles. The van der Waals surface area contributed by atoms with Gasteiger partial charge in [-0.05, 0) is 42.7 Å². The highest BCUT2D eigenvalue weighted by molar-refractivity contribution is 9.10. The number of amides is 1. The number of nitrogens with one attached hydrogen (secondary N) is 1. The summed E-state index contributed by atoms with van der Waals surface area (Å²) in [4.78, 5) is 12.0. The van der Waals surface area contributed by atoms with Crippen molar-refractivity contribution in [1.29, 1.82) is 0 Å². The van der Waals surface area contributed by atoms with Crippen LogP contribution in [0, 0.1) is 6.92 Å². The fraction of sp³-hybridized carbons (Fsp3) is 0.188. The Labute approximate surface area is 127 Å². The molecule has 0 aliphatic rings. The zero-order valence-corrected chi connectivity index (χ0v) is 12.9. The highest BCUT2D eigenvalue weighted by Gasteiger charge is 2.07. The van der Waals surface area contributed by atoms with Crippen molar-refractivity contribution in [2.24, 2.45) is 0 Å². The van der Waals surface area contributed by atoms with Crippen molar-refractivity contribution in [3.8, 4) is 0 Å². The van der Waals surface area contributed by atoms with Crippen molar-refractivity contribution < 1.29 is 4.79 Å². The molecule has 104 valence electrons. The van der Waals surface area contributed by atoms with E-state index in [9.17, 15) is 4.79 Å². The van der Waals surface area contributed by atoms with Gasteiger partial charge < -0.3 is 11.1 Å². The largest absolute Gasteiger partial charge is 0.399 e. The van der Waals surface area contributed by atoms with Gasteiger partial charge in [0.15, 0.2) is 0 Å².